The molecule has 0 saturated heterocycles. The van der Waals surface area contributed by atoms with Gasteiger partial charge in [-0.25, -0.2) is 0 Å². The smallest absolute Gasteiger partial charge is 0.123 e. The zero-order valence-corrected chi connectivity index (χ0v) is 10.5. The molecule has 1 aliphatic carbocycles. The third kappa shape index (κ3) is 2.93. The second-order valence-corrected chi connectivity index (χ2v) is 4.91. The minimum absolute atomic E-state index is 0.254. The molecule has 0 unspecified atom stereocenters. The molecule has 2 rings (SSSR count). The van der Waals surface area contributed by atoms with E-state index in [-0.39, 0.29) is 4.49 Å². The second-order valence-electron chi connectivity index (χ2n) is 3.91. The van der Waals surface area contributed by atoms with Crippen LogP contribution in [-0.4, -0.2) is 6.61 Å². The number of benzene rings is 1. The van der Waals surface area contributed by atoms with Crippen molar-refractivity contribution in [3.8, 4) is 5.75 Å². The molecule has 1 aromatic carbocycles. The van der Waals surface area contributed by atoms with Gasteiger partial charge in [0.2, 0.25) is 0 Å². The Bertz CT molecular complexity index is 395. The van der Waals surface area contributed by atoms with Gasteiger partial charge in [0.15, 0.2) is 0 Å². The average molecular weight is 257 g/mol. The van der Waals surface area contributed by atoms with Crippen molar-refractivity contribution >= 4 is 23.2 Å². The Balaban J connectivity index is 2.11. The molecular formula is C13H14Cl2O. The van der Waals surface area contributed by atoms with Crippen LogP contribution in [-0.2, 0) is 12.8 Å². The maximum absolute atomic E-state index is 5.67. The normalized spacial score (nSPS) is 14.1. The Labute approximate surface area is 106 Å². The first-order valence-corrected chi connectivity index (χ1v) is 6.27. The molecule has 3 heteroatoms. The van der Waals surface area contributed by atoms with Crippen LogP contribution in [0.15, 0.2) is 28.8 Å². The van der Waals surface area contributed by atoms with E-state index in [1.807, 2.05) is 12.1 Å². The molecule has 86 valence electrons. The fourth-order valence-corrected chi connectivity index (χ4v) is 2.20. The van der Waals surface area contributed by atoms with Crippen molar-refractivity contribution in [3.05, 3.63) is 39.9 Å². The van der Waals surface area contributed by atoms with Crippen LogP contribution in [0.5, 0.6) is 5.75 Å². The van der Waals surface area contributed by atoms with Gasteiger partial charge < -0.3 is 4.74 Å². The fourth-order valence-electron chi connectivity index (χ4n) is 2.08. The third-order valence-corrected chi connectivity index (χ3v) is 3.14. The van der Waals surface area contributed by atoms with E-state index < -0.39 is 0 Å². The van der Waals surface area contributed by atoms with Crippen molar-refractivity contribution in [2.75, 3.05) is 6.61 Å². The molecule has 0 heterocycles. The highest BCUT2D eigenvalue weighted by Crippen LogP contribution is 2.29. The zero-order valence-electron chi connectivity index (χ0n) is 9.01. The van der Waals surface area contributed by atoms with Gasteiger partial charge in [-0.1, -0.05) is 35.3 Å². The van der Waals surface area contributed by atoms with Crippen molar-refractivity contribution in [1.82, 2.24) is 0 Å². The Hall–Kier alpha value is -0.660. The molecule has 1 nitrogen and oxygen atoms in total. The number of aryl methyl sites for hydroxylation is 1. The number of hydrogen-bond donors (Lipinski definition) is 0. The van der Waals surface area contributed by atoms with E-state index in [2.05, 4.69) is 6.07 Å². The van der Waals surface area contributed by atoms with Gasteiger partial charge in [-0.2, -0.15) is 0 Å². The Kier molecular flexibility index (Phi) is 4.14. The molecule has 16 heavy (non-hydrogen) atoms. The predicted octanol–water partition coefficient (Wildman–Crippen LogP) is 4.26. The maximum Gasteiger partial charge on any atom is 0.123 e. The number of halogens is 2. The van der Waals surface area contributed by atoms with Crippen molar-refractivity contribution in [2.24, 2.45) is 0 Å². The lowest BCUT2D eigenvalue weighted by Gasteiger charge is -2.18. The highest BCUT2D eigenvalue weighted by atomic mass is 35.5. The third-order valence-electron chi connectivity index (χ3n) is 2.83. The van der Waals surface area contributed by atoms with E-state index in [0.717, 1.165) is 12.2 Å². The van der Waals surface area contributed by atoms with Crippen LogP contribution in [0.4, 0.5) is 0 Å². The van der Waals surface area contributed by atoms with Crippen LogP contribution in [0.1, 0.15) is 24.0 Å². The topological polar surface area (TPSA) is 9.23 Å². The molecule has 0 saturated carbocycles. The largest absolute Gasteiger partial charge is 0.489 e. The first-order valence-electron chi connectivity index (χ1n) is 5.52. The van der Waals surface area contributed by atoms with E-state index >= 15 is 0 Å². The summed E-state index contributed by atoms with van der Waals surface area (Å²) in [5.74, 6) is 0.975. The summed E-state index contributed by atoms with van der Waals surface area (Å²) in [6, 6.07) is 6.25. The molecule has 0 bridgehead atoms. The summed E-state index contributed by atoms with van der Waals surface area (Å²) < 4.78 is 5.92. The molecule has 0 radical (unpaired) electrons. The van der Waals surface area contributed by atoms with Crippen molar-refractivity contribution in [2.45, 2.75) is 25.7 Å². The first-order chi connectivity index (χ1) is 7.77. The van der Waals surface area contributed by atoms with Crippen LogP contribution in [0.3, 0.4) is 0 Å². The molecule has 1 aliphatic rings. The molecule has 0 spiro atoms. The summed E-state index contributed by atoms with van der Waals surface area (Å²) in [6.45, 7) is 0.429. The lowest BCUT2D eigenvalue weighted by Crippen LogP contribution is -2.06. The van der Waals surface area contributed by atoms with E-state index in [4.69, 9.17) is 27.9 Å². The SMILES string of the molecule is ClC(Cl)=CCOc1cccc2c1CCCC2. The van der Waals surface area contributed by atoms with Crippen LogP contribution < -0.4 is 4.74 Å². The summed E-state index contributed by atoms with van der Waals surface area (Å²) in [5.41, 5.74) is 2.78. The van der Waals surface area contributed by atoms with Gasteiger partial charge in [0.05, 0.1) is 0 Å². The monoisotopic (exact) mass is 256 g/mol. The van der Waals surface area contributed by atoms with Gasteiger partial charge in [-0.3, -0.25) is 0 Å². The fraction of sp³-hybridized carbons (Fsp3) is 0.385. The second kappa shape index (κ2) is 5.60. The molecular weight excluding hydrogens is 243 g/mol. The standard InChI is InChI=1S/C13H14Cl2O/c14-13(15)8-9-16-12-7-3-5-10-4-1-2-6-11(10)12/h3,5,7-8H,1-2,4,6,9H2. The van der Waals surface area contributed by atoms with Crippen molar-refractivity contribution in [3.63, 3.8) is 0 Å². The molecule has 0 N–H and O–H groups in total. The van der Waals surface area contributed by atoms with E-state index in [9.17, 15) is 0 Å². The lowest BCUT2D eigenvalue weighted by atomic mass is 9.91. The van der Waals surface area contributed by atoms with Gasteiger partial charge in [0.25, 0.3) is 0 Å². The Morgan fingerprint density at radius 2 is 2.06 bits per heavy atom. The minimum Gasteiger partial charge on any atom is -0.489 e. The lowest BCUT2D eigenvalue weighted by molar-refractivity contribution is 0.356. The summed E-state index contributed by atoms with van der Waals surface area (Å²) >= 11 is 11.1. The summed E-state index contributed by atoms with van der Waals surface area (Å²) in [6.07, 6.45) is 6.47. The molecule has 0 fully saturated rings. The van der Waals surface area contributed by atoms with Gasteiger partial charge >= 0.3 is 0 Å². The van der Waals surface area contributed by atoms with E-state index in [1.165, 1.54) is 30.4 Å². The van der Waals surface area contributed by atoms with Gasteiger partial charge in [-0.05, 0) is 49.0 Å². The first kappa shape index (κ1) is 11.8. The minimum atomic E-state index is 0.254. The summed E-state index contributed by atoms with van der Waals surface area (Å²) in [7, 11) is 0. The summed E-state index contributed by atoms with van der Waals surface area (Å²) in [5, 5.41) is 0. The van der Waals surface area contributed by atoms with Crippen LogP contribution in [0.2, 0.25) is 0 Å². The van der Waals surface area contributed by atoms with Gasteiger partial charge in [0, 0.05) is 0 Å². The van der Waals surface area contributed by atoms with Crippen molar-refractivity contribution in [1.29, 1.82) is 0 Å². The molecule has 0 aliphatic heterocycles. The summed E-state index contributed by atoms with van der Waals surface area (Å²) in [4.78, 5) is 0. The van der Waals surface area contributed by atoms with Crippen LogP contribution >= 0.6 is 23.2 Å². The highest BCUT2D eigenvalue weighted by molar-refractivity contribution is 6.55. The number of rotatable bonds is 3. The number of fused-ring (bicyclic) bond motifs is 1. The number of ether oxygens (including phenoxy) is 1. The van der Waals surface area contributed by atoms with E-state index in [1.54, 1.807) is 6.08 Å². The molecule has 1 aromatic rings. The highest BCUT2D eigenvalue weighted by Gasteiger charge is 2.13. The molecule has 0 atom stereocenters. The van der Waals surface area contributed by atoms with Crippen molar-refractivity contribution < 1.29 is 4.74 Å². The Morgan fingerprint density at radius 3 is 2.88 bits per heavy atom. The van der Waals surface area contributed by atoms with E-state index in [0.29, 0.717) is 6.61 Å². The Morgan fingerprint density at radius 1 is 1.25 bits per heavy atom. The predicted molar refractivity (Wildman–Crippen MR) is 68.4 cm³/mol. The van der Waals surface area contributed by atoms with Gasteiger partial charge in [0.1, 0.15) is 16.8 Å². The average Bonchev–Trinajstić information content (AvgIpc) is 2.29. The quantitative estimate of drug-likeness (QED) is 0.786. The molecule has 0 aromatic heterocycles. The van der Waals surface area contributed by atoms with Crippen LogP contribution in [0.25, 0.3) is 0 Å². The maximum atomic E-state index is 5.67. The van der Waals surface area contributed by atoms with Gasteiger partial charge in [-0.15, -0.1) is 0 Å². The zero-order chi connectivity index (χ0) is 11.4. The van der Waals surface area contributed by atoms with Crippen LogP contribution in [0, 0.1) is 0 Å². The number of hydrogen-bond acceptors (Lipinski definition) is 1. The molecule has 0 amide bonds.